The van der Waals surface area contributed by atoms with Crippen LogP contribution in [0.4, 0.5) is 10.2 Å². The fraction of sp³-hybridized carbons (Fsp3) is 0.389. The van der Waals surface area contributed by atoms with E-state index in [-0.39, 0.29) is 5.82 Å². The number of rotatable bonds is 5. The SMILES string of the molecule is CC1CN(Cc2ccc(Sc3nncn3C)o2)CCN1c1ccc(F)cn1. The minimum Gasteiger partial charge on any atom is -0.453 e. The van der Waals surface area contributed by atoms with Crippen LogP contribution in [0.1, 0.15) is 12.7 Å². The summed E-state index contributed by atoms with van der Waals surface area (Å²) in [6.45, 7) is 5.56. The van der Waals surface area contributed by atoms with Crippen LogP contribution in [-0.2, 0) is 13.6 Å². The molecule has 4 heterocycles. The molecule has 27 heavy (non-hydrogen) atoms. The summed E-state index contributed by atoms with van der Waals surface area (Å²) in [5, 5.41) is 9.54. The van der Waals surface area contributed by atoms with Gasteiger partial charge in [-0.2, -0.15) is 0 Å². The van der Waals surface area contributed by atoms with Gasteiger partial charge in [0.25, 0.3) is 0 Å². The Morgan fingerprint density at radius 2 is 2.15 bits per heavy atom. The maximum atomic E-state index is 13.1. The summed E-state index contributed by atoms with van der Waals surface area (Å²) in [6.07, 6.45) is 2.94. The van der Waals surface area contributed by atoms with Crippen molar-refractivity contribution in [2.24, 2.45) is 7.05 Å². The Hall–Kier alpha value is -2.39. The average Bonchev–Trinajstić information content (AvgIpc) is 3.26. The molecule has 9 heteroatoms. The van der Waals surface area contributed by atoms with Crippen LogP contribution in [0.15, 0.2) is 51.5 Å². The molecular formula is C18H21FN6OS. The third kappa shape index (κ3) is 4.14. The fourth-order valence-corrected chi connectivity index (χ4v) is 3.97. The molecule has 7 nitrogen and oxygen atoms in total. The first-order chi connectivity index (χ1) is 13.1. The van der Waals surface area contributed by atoms with E-state index in [2.05, 4.69) is 31.9 Å². The van der Waals surface area contributed by atoms with Gasteiger partial charge in [0.05, 0.1) is 12.7 Å². The Balaban J connectivity index is 1.35. The molecule has 1 saturated heterocycles. The lowest BCUT2D eigenvalue weighted by Crippen LogP contribution is -2.51. The van der Waals surface area contributed by atoms with E-state index in [4.69, 9.17) is 4.42 Å². The minimum absolute atomic E-state index is 0.291. The first kappa shape index (κ1) is 18.0. The standard InChI is InChI=1S/C18H21FN6OS/c1-13-10-24(7-8-25(13)16-5-3-14(19)9-20-16)11-15-4-6-17(26-15)27-18-22-21-12-23(18)2/h3-6,9,12-13H,7-8,10-11H2,1-2H3. The summed E-state index contributed by atoms with van der Waals surface area (Å²) in [6, 6.07) is 7.47. The number of hydrogen-bond donors (Lipinski definition) is 0. The van der Waals surface area contributed by atoms with Crippen molar-refractivity contribution in [3.63, 3.8) is 0 Å². The van der Waals surface area contributed by atoms with Crippen LogP contribution >= 0.6 is 11.8 Å². The van der Waals surface area contributed by atoms with E-state index >= 15 is 0 Å². The largest absolute Gasteiger partial charge is 0.453 e. The van der Waals surface area contributed by atoms with E-state index in [1.54, 1.807) is 12.4 Å². The van der Waals surface area contributed by atoms with Crippen LogP contribution in [-0.4, -0.2) is 50.3 Å². The lowest BCUT2D eigenvalue weighted by atomic mass is 10.2. The number of halogens is 1. The van der Waals surface area contributed by atoms with Crippen molar-refractivity contribution in [1.82, 2.24) is 24.6 Å². The molecule has 1 aliphatic heterocycles. The molecule has 0 radical (unpaired) electrons. The molecule has 142 valence electrons. The molecule has 0 aliphatic carbocycles. The Morgan fingerprint density at radius 1 is 1.26 bits per heavy atom. The number of aromatic nitrogens is 4. The highest BCUT2D eigenvalue weighted by molar-refractivity contribution is 7.99. The molecule has 0 saturated carbocycles. The van der Waals surface area contributed by atoms with Gasteiger partial charge in [0.1, 0.15) is 23.7 Å². The topological polar surface area (TPSA) is 63.2 Å². The van der Waals surface area contributed by atoms with Gasteiger partial charge >= 0.3 is 0 Å². The molecule has 0 bridgehead atoms. The number of hydrogen-bond acceptors (Lipinski definition) is 7. The lowest BCUT2D eigenvalue weighted by Gasteiger charge is -2.40. The van der Waals surface area contributed by atoms with E-state index in [9.17, 15) is 4.39 Å². The van der Waals surface area contributed by atoms with Gasteiger partial charge in [0, 0.05) is 32.7 Å². The number of nitrogens with zero attached hydrogens (tertiary/aromatic N) is 6. The zero-order valence-electron chi connectivity index (χ0n) is 15.2. The number of aryl methyl sites for hydroxylation is 1. The molecule has 1 atom stereocenters. The van der Waals surface area contributed by atoms with Gasteiger partial charge < -0.3 is 13.9 Å². The molecule has 3 aromatic rings. The number of pyridine rings is 1. The fourth-order valence-electron chi connectivity index (χ4n) is 3.23. The Morgan fingerprint density at radius 3 is 2.85 bits per heavy atom. The number of anilines is 1. The van der Waals surface area contributed by atoms with Crippen LogP contribution in [0.5, 0.6) is 0 Å². The second kappa shape index (κ2) is 7.69. The molecule has 1 fully saturated rings. The van der Waals surface area contributed by atoms with E-state index in [1.165, 1.54) is 24.0 Å². The molecule has 4 rings (SSSR count). The van der Waals surface area contributed by atoms with Crippen molar-refractivity contribution in [2.45, 2.75) is 29.8 Å². The summed E-state index contributed by atoms with van der Waals surface area (Å²) in [5.74, 6) is 1.45. The molecule has 3 aromatic heterocycles. The summed E-state index contributed by atoms with van der Waals surface area (Å²) < 4.78 is 20.9. The van der Waals surface area contributed by atoms with Crippen LogP contribution in [0.3, 0.4) is 0 Å². The molecule has 0 N–H and O–H groups in total. The predicted molar refractivity (Wildman–Crippen MR) is 100 cm³/mol. The molecule has 1 unspecified atom stereocenters. The molecule has 0 amide bonds. The zero-order valence-corrected chi connectivity index (χ0v) is 16.1. The van der Waals surface area contributed by atoms with Crippen molar-refractivity contribution in [3.05, 3.63) is 48.4 Å². The lowest BCUT2D eigenvalue weighted by molar-refractivity contribution is 0.201. The first-order valence-corrected chi connectivity index (χ1v) is 9.61. The van der Waals surface area contributed by atoms with Crippen LogP contribution in [0.25, 0.3) is 0 Å². The van der Waals surface area contributed by atoms with Gasteiger partial charge in [-0.3, -0.25) is 4.90 Å². The zero-order chi connectivity index (χ0) is 18.8. The van der Waals surface area contributed by atoms with Crippen molar-refractivity contribution < 1.29 is 8.81 Å². The number of furan rings is 1. The van der Waals surface area contributed by atoms with Crippen molar-refractivity contribution in [2.75, 3.05) is 24.5 Å². The second-order valence-corrected chi connectivity index (χ2v) is 7.63. The Bertz CT molecular complexity index is 895. The maximum Gasteiger partial charge on any atom is 0.198 e. The second-order valence-electron chi connectivity index (χ2n) is 6.66. The van der Waals surface area contributed by atoms with Gasteiger partial charge in [0.15, 0.2) is 10.2 Å². The predicted octanol–water partition coefficient (Wildman–Crippen LogP) is 2.80. The highest BCUT2D eigenvalue weighted by Crippen LogP contribution is 2.28. The van der Waals surface area contributed by atoms with Gasteiger partial charge in [-0.05, 0) is 43.0 Å². The number of piperazine rings is 1. The molecule has 0 spiro atoms. The van der Waals surface area contributed by atoms with Gasteiger partial charge in [-0.15, -0.1) is 10.2 Å². The van der Waals surface area contributed by atoms with Crippen molar-refractivity contribution in [3.8, 4) is 0 Å². The maximum absolute atomic E-state index is 13.1. The monoisotopic (exact) mass is 388 g/mol. The summed E-state index contributed by atoms with van der Waals surface area (Å²) in [4.78, 5) is 8.78. The third-order valence-corrected chi connectivity index (χ3v) is 5.57. The molecule has 1 aliphatic rings. The van der Waals surface area contributed by atoms with Crippen LogP contribution < -0.4 is 4.90 Å². The van der Waals surface area contributed by atoms with E-state index in [1.807, 2.05) is 23.7 Å². The highest BCUT2D eigenvalue weighted by Gasteiger charge is 2.25. The molecule has 0 aromatic carbocycles. The van der Waals surface area contributed by atoms with Gasteiger partial charge in [-0.25, -0.2) is 9.37 Å². The smallest absolute Gasteiger partial charge is 0.198 e. The van der Waals surface area contributed by atoms with Gasteiger partial charge in [-0.1, -0.05) is 0 Å². The van der Waals surface area contributed by atoms with Gasteiger partial charge in [0.2, 0.25) is 0 Å². The van der Waals surface area contributed by atoms with E-state index < -0.39 is 0 Å². The molecular weight excluding hydrogens is 367 g/mol. The van der Waals surface area contributed by atoms with Crippen LogP contribution in [0, 0.1) is 5.82 Å². The summed E-state index contributed by atoms with van der Waals surface area (Å²) in [5.41, 5.74) is 0. The normalized spacial score (nSPS) is 18.2. The third-order valence-electron chi connectivity index (χ3n) is 4.60. The van der Waals surface area contributed by atoms with E-state index in [0.717, 1.165) is 48.0 Å². The van der Waals surface area contributed by atoms with E-state index in [0.29, 0.717) is 6.04 Å². The Labute approximate surface area is 161 Å². The minimum atomic E-state index is -0.308. The van der Waals surface area contributed by atoms with Crippen molar-refractivity contribution in [1.29, 1.82) is 0 Å². The van der Waals surface area contributed by atoms with Crippen molar-refractivity contribution >= 4 is 17.6 Å². The first-order valence-electron chi connectivity index (χ1n) is 8.79. The quantitative estimate of drug-likeness (QED) is 0.666. The van der Waals surface area contributed by atoms with Crippen LogP contribution in [0.2, 0.25) is 0 Å². The summed E-state index contributed by atoms with van der Waals surface area (Å²) in [7, 11) is 1.91. The summed E-state index contributed by atoms with van der Waals surface area (Å²) >= 11 is 1.46. The highest BCUT2D eigenvalue weighted by atomic mass is 32.2. The Kier molecular flexibility index (Phi) is 5.13. The average molecular weight is 388 g/mol.